The quantitative estimate of drug-likeness (QED) is 0.584. The minimum Gasteiger partial charge on any atom is -0.345 e. The number of aryl methyl sites for hydroxylation is 1. The van der Waals surface area contributed by atoms with E-state index in [1.54, 1.807) is 42.9 Å². The van der Waals surface area contributed by atoms with Crippen LogP contribution in [0.15, 0.2) is 53.6 Å². The first-order chi connectivity index (χ1) is 14.6. The van der Waals surface area contributed by atoms with E-state index in [0.29, 0.717) is 11.3 Å². The van der Waals surface area contributed by atoms with Crippen LogP contribution in [0.25, 0.3) is 5.69 Å². The molecule has 7 nitrogen and oxygen atoms in total. The predicted molar refractivity (Wildman–Crippen MR) is 116 cm³/mol. The standard InChI is InChI=1S/C22H25FN4O3S/c1-5-25-31(29,30)19-11-6-14(2)20(12-19)22(28)26-15(3)21-13-24-27(16(21)4)18-9-7-17(23)8-10-18/h6-13,15,25H,5H2,1-4H3,(H,26,28). The molecule has 0 spiro atoms. The number of benzene rings is 2. The summed E-state index contributed by atoms with van der Waals surface area (Å²) in [6, 6.07) is 10.1. The maximum Gasteiger partial charge on any atom is 0.252 e. The summed E-state index contributed by atoms with van der Waals surface area (Å²) < 4.78 is 41.9. The molecule has 31 heavy (non-hydrogen) atoms. The second-order valence-corrected chi connectivity index (χ2v) is 9.01. The lowest BCUT2D eigenvalue weighted by atomic mass is 10.1. The highest BCUT2D eigenvalue weighted by atomic mass is 32.2. The maximum atomic E-state index is 13.2. The third-order valence-corrected chi connectivity index (χ3v) is 6.57. The van der Waals surface area contributed by atoms with Gasteiger partial charge >= 0.3 is 0 Å². The molecule has 0 fully saturated rings. The van der Waals surface area contributed by atoms with E-state index in [4.69, 9.17) is 0 Å². The Labute approximate surface area is 181 Å². The average molecular weight is 445 g/mol. The van der Waals surface area contributed by atoms with Gasteiger partial charge in [-0.05, 0) is 62.7 Å². The van der Waals surface area contributed by atoms with Gasteiger partial charge in [0.1, 0.15) is 5.82 Å². The van der Waals surface area contributed by atoms with Crippen LogP contribution in [0.5, 0.6) is 0 Å². The molecular weight excluding hydrogens is 419 g/mol. The monoisotopic (exact) mass is 444 g/mol. The molecule has 1 atom stereocenters. The molecule has 0 aliphatic rings. The number of sulfonamides is 1. The number of carbonyl (C=O) groups excluding carboxylic acids is 1. The molecule has 0 bridgehead atoms. The summed E-state index contributed by atoms with van der Waals surface area (Å²) in [6.07, 6.45) is 1.66. The Kier molecular flexibility index (Phi) is 6.56. The summed E-state index contributed by atoms with van der Waals surface area (Å²) in [4.78, 5) is 13.0. The number of hydrogen-bond acceptors (Lipinski definition) is 4. The number of nitrogens with zero attached hydrogens (tertiary/aromatic N) is 2. The summed E-state index contributed by atoms with van der Waals surface area (Å²) in [5.41, 5.74) is 3.26. The molecule has 2 N–H and O–H groups in total. The Morgan fingerprint density at radius 1 is 1.16 bits per heavy atom. The molecule has 3 aromatic rings. The van der Waals surface area contributed by atoms with Gasteiger partial charge in [-0.15, -0.1) is 0 Å². The molecule has 9 heteroatoms. The first-order valence-electron chi connectivity index (χ1n) is 9.85. The molecular formula is C22H25FN4O3S. The lowest BCUT2D eigenvalue weighted by Gasteiger charge is -2.16. The van der Waals surface area contributed by atoms with Crippen LogP contribution in [0, 0.1) is 19.7 Å². The normalized spacial score (nSPS) is 12.5. The van der Waals surface area contributed by atoms with Gasteiger partial charge in [0.25, 0.3) is 5.91 Å². The third-order valence-electron chi connectivity index (χ3n) is 5.03. The van der Waals surface area contributed by atoms with Gasteiger partial charge in [-0.25, -0.2) is 22.2 Å². The molecule has 3 rings (SSSR count). The Morgan fingerprint density at radius 2 is 1.84 bits per heavy atom. The number of carbonyl (C=O) groups is 1. The van der Waals surface area contributed by atoms with Gasteiger partial charge in [0.2, 0.25) is 10.0 Å². The second-order valence-electron chi connectivity index (χ2n) is 7.25. The van der Waals surface area contributed by atoms with Crippen molar-refractivity contribution in [3.8, 4) is 5.69 Å². The molecule has 0 aliphatic carbocycles. The Morgan fingerprint density at radius 3 is 2.48 bits per heavy atom. The Bertz CT molecular complexity index is 1200. The molecule has 1 heterocycles. The second kappa shape index (κ2) is 8.99. The van der Waals surface area contributed by atoms with Crippen molar-refractivity contribution in [1.82, 2.24) is 19.8 Å². The van der Waals surface area contributed by atoms with E-state index in [2.05, 4.69) is 15.1 Å². The molecule has 0 saturated heterocycles. The Balaban J connectivity index is 1.84. The highest BCUT2D eigenvalue weighted by molar-refractivity contribution is 7.89. The van der Waals surface area contributed by atoms with E-state index in [9.17, 15) is 17.6 Å². The van der Waals surface area contributed by atoms with Crippen LogP contribution >= 0.6 is 0 Å². The SMILES string of the molecule is CCNS(=O)(=O)c1ccc(C)c(C(=O)NC(C)c2cnn(-c3ccc(F)cc3)c2C)c1. The zero-order chi connectivity index (χ0) is 22.8. The first-order valence-corrected chi connectivity index (χ1v) is 11.3. The molecule has 0 saturated carbocycles. The van der Waals surface area contributed by atoms with Crippen molar-refractivity contribution in [3.05, 3.63) is 76.9 Å². The molecule has 0 radical (unpaired) electrons. The summed E-state index contributed by atoms with van der Waals surface area (Å²) >= 11 is 0. The Hall–Kier alpha value is -3.04. The molecule has 1 unspecified atom stereocenters. The zero-order valence-electron chi connectivity index (χ0n) is 17.8. The van der Waals surface area contributed by atoms with E-state index in [-0.39, 0.29) is 34.8 Å². The lowest BCUT2D eigenvalue weighted by Crippen LogP contribution is -2.28. The van der Waals surface area contributed by atoms with E-state index in [1.807, 2.05) is 13.8 Å². The number of nitrogens with one attached hydrogen (secondary N) is 2. The first kappa shape index (κ1) is 22.6. The van der Waals surface area contributed by atoms with Gasteiger partial charge in [-0.2, -0.15) is 5.10 Å². The fraction of sp³-hybridized carbons (Fsp3) is 0.273. The van der Waals surface area contributed by atoms with E-state index in [0.717, 1.165) is 11.3 Å². The van der Waals surface area contributed by atoms with Gasteiger partial charge in [-0.3, -0.25) is 4.79 Å². The van der Waals surface area contributed by atoms with Crippen LogP contribution in [-0.2, 0) is 10.0 Å². The van der Waals surface area contributed by atoms with E-state index < -0.39 is 10.0 Å². The highest BCUT2D eigenvalue weighted by Gasteiger charge is 2.21. The van der Waals surface area contributed by atoms with Gasteiger partial charge in [0.15, 0.2) is 0 Å². The van der Waals surface area contributed by atoms with E-state index in [1.165, 1.54) is 24.3 Å². The van der Waals surface area contributed by atoms with Crippen LogP contribution in [0.2, 0.25) is 0 Å². The van der Waals surface area contributed by atoms with Crippen molar-refractivity contribution in [2.75, 3.05) is 6.54 Å². The molecule has 1 amide bonds. The summed E-state index contributed by atoms with van der Waals surface area (Å²) in [6.45, 7) is 7.39. The van der Waals surface area contributed by atoms with Crippen molar-refractivity contribution < 1.29 is 17.6 Å². The van der Waals surface area contributed by atoms with E-state index >= 15 is 0 Å². The maximum absolute atomic E-state index is 13.2. The average Bonchev–Trinajstić information content (AvgIpc) is 3.10. The molecule has 2 aromatic carbocycles. The van der Waals surface area contributed by atoms with Crippen molar-refractivity contribution in [2.24, 2.45) is 0 Å². The van der Waals surface area contributed by atoms with Crippen molar-refractivity contribution >= 4 is 15.9 Å². The number of hydrogen-bond donors (Lipinski definition) is 2. The van der Waals surface area contributed by atoms with Crippen LogP contribution in [0.1, 0.15) is 47.1 Å². The van der Waals surface area contributed by atoms with Crippen molar-refractivity contribution in [3.63, 3.8) is 0 Å². The van der Waals surface area contributed by atoms with Crippen molar-refractivity contribution in [2.45, 2.75) is 38.6 Å². The number of aromatic nitrogens is 2. The third kappa shape index (κ3) is 4.83. The summed E-state index contributed by atoms with van der Waals surface area (Å²) in [5.74, 6) is -0.712. The predicted octanol–water partition coefficient (Wildman–Crippen LogP) is 3.42. The largest absolute Gasteiger partial charge is 0.345 e. The van der Waals surface area contributed by atoms with Gasteiger partial charge in [-0.1, -0.05) is 13.0 Å². The number of amides is 1. The molecule has 164 valence electrons. The van der Waals surface area contributed by atoms with Gasteiger partial charge in [0, 0.05) is 23.4 Å². The fourth-order valence-electron chi connectivity index (χ4n) is 3.33. The topological polar surface area (TPSA) is 93.1 Å². The minimum atomic E-state index is -3.67. The zero-order valence-corrected chi connectivity index (χ0v) is 18.6. The van der Waals surface area contributed by atoms with Crippen LogP contribution in [0.3, 0.4) is 0 Å². The minimum absolute atomic E-state index is 0.0399. The molecule has 0 aliphatic heterocycles. The summed E-state index contributed by atoms with van der Waals surface area (Å²) in [7, 11) is -3.67. The van der Waals surface area contributed by atoms with Crippen LogP contribution in [0.4, 0.5) is 4.39 Å². The van der Waals surface area contributed by atoms with Gasteiger partial charge < -0.3 is 5.32 Å². The number of halogens is 1. The number of rotatable bonds is 7. The van der Waals surface area contributed by atoms with Crippen LogP contribution < -0.4 is 10.0 Å². The summed E-state index contributed by atoms with van der Waals surface area (Å²) in [5, 5.41) is 7.27. The molecule has 1 aromatic heterocycles. The van der Waals surface area contributed by atoms with Gasteiger partial charge in [0.05, 0.1) is 22.8 Å². The lowest BCUT2D eigenvalue weighted by molar-refractivity contribution is 0.0939. The van der Waals surface area contributed by atoms with Crippen molar-refractivity contribution in [1.29, 1.82) is 0 Å². The smallest absolute Gasteiger partial charge is 0.252 e. The fourth-order valence-corrected chi connectivity index (χ4v) is 4.40. The van der Waals surface area contributed by atoms with Crippen LogP contribution in [-0.4, -0.2) is 30.7 Å². The highest BCUT2D eigenvalue weighted by Crippen LogP contribution is 2.22.